The molecule has 0 aromatic heterocycles. The number of likely N-dealkylation sites (N-methyl/N-ethyl adjacent to an activating group) is 2. The van der Waals surface area contributed by atoms with E-state index in [1.807, 2.05) is 0 Å². The van der Waals surface area contributed by atoms with Crippen LogP contribution in [0.1, 0.15) is 0 Å². The molecule has 0 aromatic rings. The van der Waals surface area contributed by atoms with E-state index in [1.165, 1.54) is 0 Å². The van der Waals surface area contributed by atoms with Gasteiger partial charge in [0.2, 0.25) is 0 Å². The summed E-state index contributed by atoms with van der Waals surface area (Å²) in [5, 5.41) is 16.8. The van der Waals surface area contributed by atoms with Crippen molar-refractivity contribution in [3.8, 4) is 0 Å². The maximum atomic E-state index is 8.52. The van der Waals surface area contributed by atoms with E-state index >= 15 is 0 Å². The Kier molecular flexibility index (Phi) is 24.0. The molecule has 15 heteroatoms. The fraction of sp³-hybridized carbons (Fsp3) is 1.00. The average Bonchev–Trinajstić information content (AvgIpc) is 2.07. The van der Waals surface area contributed by atoms with E-state index in [4.69, 9.17) is 45.3 Å². The summed E-state index contributed by atoms with van der Waals surface area (Å²) in [6, 6.07) is 0. The summed E-state index contributed by atoms with van der Waals surface area (Å²) in [5.74, 6) is 0. The van der Waals surface area contributed by atoms with Crippen LogP contribution in [0.4, 0.5) is 0 Å². The van der Waals surface area contributed by atoms with E-state index in [0.29, 0.717) is 0 Å². The molecule has 0 aliphatic heterocycles. The smallest absolute Gasteiger partial charge is 0.759 e. The maximum Gasteiger partial charge on any atom is 2.00 e. The standard InChI is InChI=1S/2C5H14NO.Mg.2H2O4S/c2*1-6(2,3)4-5-7;;2*1-5(2,3)4/h2*7H,4-5H2,1-3H3;;2*(H2,1,2,3,4)/q2*+1;+2;;/p-4. The van der Waals surface area contributed by atoms with Crippen LogP contribution in [0.15, 0.2) is 0 Å². The summed E-state index contributed by atoms with van der Waals surface area (Å²) in [6.45, 7) is 2.23. The SMILES string of the molecule is C[N+](C)(C)CCO.C[N+](C)(C)CCO.O=S(=O)([O-])[O-].O=S(=O)([O-])[O-].[Mg+2]. The van der Waals surface area contributed by atoms with Crippen LogP contribution < -0.4 is 0 Å². The zero-order valence-corrected chi connectivity index (χ0v) is 18.5. The van der Waals surface area contributed by atoms with Crippen LogP contribution in [0.25, 0.3) is 0 Å². The van der Waals surface area contributed by atoms with E-state index in [0.717, 1.165) is 22.1 Å². The van der Waals surface area contributed by atoms with Gasteiger partial charge in [0, 0.05) is 20.8 Å². The van der Waals surface area contributed by atoms with Gasteiger partial charge in [0.1, 0.15) is 13.1 Å². The van der Waals surface area contributed by atoms with Gasteiger partial charge in [0.05, 0.1) is 55.5 Å². The predicted molar refractivity (Wildman–Crippen MR) is 86.7 cm³/mol. The maximum absolute atomic E-state index is 8.52. The van der Waals surface area contributed by atoms with Gasteiger partial charge in [-0.1, -0.05) is 0 Å². The Morgan fingerprint density at radius 1 is 0.640 bits per heavy atom. The van der Waals surface area contributed by atoms with Crippen molar-refractivity contribution in [3.05, 3.63) is 0 Å². The molecule has 0 saturated carbocycles. The van der Waals surface area contributed by atoms with Crippen LogP contribution in [0.3, 0.4) is 0 Å². The number of hydrogen-bond acceptors (Lipinski definition) is 10. The number of aliphatic hydroxyl groups is 2. The largest absolute Gasteiger partial charge is 2.00 e. The van der Waals surface area contributed by atoms with Gasteiger partial charge in [-0.3, -0.25) is 16.8 Å². The summed E-state index contributed by atoms with van der Waals surface area (Å²) >= 11 is 0. The van der Waals surface area contributed by atoms with Gasteiger partial charge < -0.3 is 37.4 Å². The number of aliphatic hydroxyl groups excluding tert-OH is 2. The molecule has 152 valence electrons. The fourth-order valence-corrected chi connectivity index (χ4v) is 0.600. The Labute approximate surface area is 166 Å². The first-order valence-corrected chi connectivity index (χ1v) is 8.95. The van der Waals surface area contributed by atoms with E-state index in [9.17, 15) is 0 Å². The molecule has 2 N–H and O–H groups in total. The number of hydrogen-bond donors (Lipinski definition) is 2. The first kappa shape index (κ1) is 36.3. The second kappa shape index (κ2) is 16.5. The van der Waals surface area contributed by atoms with Crippen molar-refractivity contribution in [2.75, 3.05) is 68.6 Å². The molecular weight excluding hydrogens is 397 g/mol. The van der Waals surface area contributed by atoms with Crippen molar-refractivity contribution >= 4 is 43.9 Å². The van der Waals surface area contributed by atoms with E-state index < -0.39 is 20.8 Å². The number of nitrogens with zero attached hydrogens (tertiary/aromatic N) is 2. The summed E-state index contributed by atoms with van der Waals surface area (Å²) < 4.78 is 69.9. The minimum absolute atomic E-state index is 0. The molecule has 0 radical (unpaired) electrons. The van der Waals surface area contributed by atoms with Crippen LogP contribution in [0.5, 0.6) is 0 Å². The summed E-state index contributed by atoms with van der Waals surface area (Å²) in [7, 11) is 1.98. The zero-order valence-electron chi connectivity index (χ0n) is 15.4. The average molecular weight is 425 g/mol. The van der Waals surface area contributed by atoms with Gasteiger partial charge in [0.25, 0.3) is 0 Å². The third kappa shape index (κ3) is 175. The van der Waals surface area contributed by atoms with Crippen molar-refractivity contribution in [1.82, 2.24) is 0 Å². The molecule has 25 heavy (non-hydrogen) atoms. The molecule has 0 atom stereocenters. The monoisotopic (exact) mass is 424 g/mol. The molecule has 0 aliphatic rings. The van der Waals surface area contributed by atoms with E-state index in [-0.39, 0.29) is 36.3 Å². The molecule has 0 bridgehead atoms. The van der Waals surface area contributed by atoms with Crippen LogP contribution in [0, 0.1) is 0 Å². The third-order valence-corrected chi connectivity index (χ3v) is 1.54. The first-order chi connectivity index (χ1) is 10.1. The first-order valence-electron chi connectivity index (χ1n) is 6.28. The second-order valence-electron chi connectivity index (χ2n) is 6.29. The molecule has 0 aliphatic carbocycles. The minimum Gasteiger partial charge on any atom is -0.759 e. The Bertz CT molecular complexity index is 421. The zero-order chi connectivity index (χ0) is 20.8. The summed E-state index contributed by atoms with van der Waals surface area (Å²) in [6.07, 6.45) is 0. The van der Waals surface area contributed by atoms with Crippen LogP contribution in [0.2, 0.25) is 0 Å². The van der Waals surface area contributed by atoms with Crippen molar-refractivity contribution in [3.63, 3.8) is 0 Å². The Morgan fingerprint density at radius 2 is 0.760 bits per heavy atom. The second-order valence-corrected chi connectivity index (χ2v) is 7.92. The summed E-state index contributed by atoms with van der Waals surface area (Å²) in [5.41, 5.74) is 0. The van der Waals surface area contributed by atoms with Crippen molar-refractivity contribution in [2.45, 2.75) is 0 Å². The van der Waals surface area contributed by atoms with Crippen molar-refractivity contribution in [2.24, 2.45) is 0 Å². The van der Waals surface area contributed by atoms with Crippen molar-refractivity contribution < 1.29 is 54.2 Å². The Balaban J connectivity index is -0.0000000711. The molecule has 0 spiro atoms. The quantitative estimate of drug-likeness (QED) is 0.196. The topological polar surface area (TPSA) is 201 Å². The van der Waals surface area contributed by atoms with Gasteiger partial charge in [-0.2, -0.15) is 0 Å². The molecule has 0 fully saturated rings. The van der Waals surface area contributed by atoms with Gasteiger partial charge >= 0.3 is 23.1 Å². The van der Waals surface area contributed by atoms with Gasteiger partial charge in [0.15, 0.2) is 0 Å². The van der Waals surface area contributed by atoms with Gasteiger partial charge in [-0.25, -0.2) is 0 Å². The molecule has 12 nitrogen and oxygen atoms in total. The molecule has 0 saturated heterocycles. The molecule has 0 aromatic carbocycles. The van der Waals surface area contributed by atoms with Crippen molar-refractivity contribution in [1.29, 1.82) is 0 Å². The summed E-state index contributed by atoms with van der Waals surface area (Å²) in [4.78, 5) is 0. The Morgan fingerprint density at radius 3 is 0.760 bits per heavy atom. The number of quaternary nitrogens is 2. The van der Waals surface area contributed by atoms with Gasteiger partial charge in [-0.15, -0.1) is 0 Å². The normalized spacial score (nSPS) is 11.4. The molecular formula is C10H28MgN2O10S2. The third-order valence-electron chi connectivity index (χ3n) is 1.54. The van der Waals surface area contributed by atoms with Crippen LogP contribution in [-0.4, -0.2) is 146 Å². The fourth-order valence-electron chi connectivity index (χ4n) is 0.600. The van der Waals surface area contributed by atoms with Crippen LogP contribution >= 0.6 is 0 Å². The number of rotatable bonds is 4. The van der Waals surface area contributed by atoms with Crippen LogP contribution in [-0.2, 0) is 20.8 Å². The van der Waals surface area contributed by atoms with E-state index in [2.05, 4.69) is 42.3 Å². The van der Waals surface area contributed by atoms with E-state index in [1.54, 1.807) is 0 Å². The molecule has 0 rings (SSSR count). The predicted octanol–water partition coefficient (Wildman–Crippen LogP) is -3.69. The Hall–Kier alpha value is 0.346. The molecule has 0 amide bonds. The minimum atomic E-state index is -5.17. The molecule has 0 heterocycles. The molecule has 0 unspecified atom stereocenters. The van der Waals surface area contributed by atoms with Gasteiger partial charge in [-0.05, 0) is 0 Å².